The molecule has 45 heavy (non-hydrogen) atoms. The van der Waals surface area contributed by atoms with Crippen LogP contribution in [0.4, 0.5) is 61.5 Å². The van der Waals surface area contributed by atoms with Crippen LogP contribution in [-0.4, -0.2) is 41.6 Å². The van der Waals surface area contributed by atoms with Gasteiger partial charge in [0.2, 0.25) is 5.72 Å². The maximum Gasteiger partial charge on any atom is 0.461 e. The van der Waals surface area contributed by atoms with Gasteiger partial charge < -0.3 is 14.6 Å². The Morgan fingerprint density at radius 1 is 0.689 bits per heavy atom. The number of halogens is 14. The number of hydrogen-bond donors (Lipinski definition) is 2. The number of alkyl halides is 14. The Morgan fingerprint density at radius 3 is 1.89 bits per heavy atom. The van der Waals surface area contributed by atoms with Gasteiger partial charge in [-0.25, -0.2) is 0 Å². The molecular weight excluding hydrogens is 652 g/mol. The van der Waals surface area contributed by atoms with Crippen molar-refractivity contribution in [2.75, 3.05) is 0 Å². The number of para-hydroxylation sites is 1. The predicted octanol–water partition coefficient (Wildman–Crippen LogP) is 8.59. The van der Waals surface area contributed by atoms with Crippen LogP contribution in [0.3, 0.4) is 0 Å². The number of aliphatic hydroxyl groups is 1. The van der Waals surface area contributed by atoms with Crippen molar-refractivity contribution in [1.29, 1.82) is 0 Å². The van der Waals surface area contributed by atoms with Crippen LogP contribution < -0.4 is 14.8 Å². The SMILES string of the molecule is OC(Cc1ccccc1Oc1cccc(OC(F)(F)C(F)F)c1)(NCc1cccc(C(F)(F)C(F)(F)C(F)(F)F)c1)C(F)(F)F. The lowest BCUT2D eigenvalue weighted by atomic mass is 9.98. The van der Waals surface area contributed by atoms with Gasteiger partial charge in [-0.1, -0.05) is 42.5 Å². The Bertz CT molecular complexity index is 1460. The Balaban J connectivity index is 1.86. The zero-order chi connectivity index (χ0) is 34.1. The standard InChI is InChI=1S/C27H19F14NO3/c28-21(29)24(32,33)45-19-9-4-8-18(12-19)44-20-10-2-1-6-16(20)13-22(43,26(36,37)38)42-14-15-5-3-7-17(11-15)23(30,31)25(34,35)27(39,40)41/h1-12,21,42-43H,13-14H2. The minimum absolute atomic E-state index is 0.104. The Labute approximate surface area is 244 Å². The van der Waals surface area contributed by atoms with E-state index in [-0.39, 0.29) is 17.9 Å². The van der Waals surface area contributed by atoms with Crippen molar-refractivity contribution in [2.45, 2.75) is 55.4 Å². The molecule has 2 N–H and O–H groups in total. The molecule has 0 saturated heterocycles. The van der Waals surface area contributed by atoms with Crippen LogP contribution in [0.5, 0.6) is 17.2 Å². The Hall–Kier alpha value is -3.80. The van der Waals surface area contributed by atoms with Gasteiger partial charge in [-0.05, 0) is 35.4 Å². The highest BCUT2D eigenvalue weighted by Gasteiger charge is 2.73. The molecule has 0 amide bonds. The van der Waals surface area contributed by atoms with Crippen molar-refractivity contribution in [3.8, 4) is 17.2 Å². The first kappa shape index (κ1) is 35.7. The molecule has 0 radical (unpaired) electrons. The van der Waals surface area contributed by atoms with Crippen LogP contribution in [-0.2, 0) is 18.9 Å². The molecule has 0 heterocycles. The van der Waals surface area contributed by atoms with Crippen LogP contribution in [0, 0.1) is 0 Å². The maximum absolute atomic E-state index is 14.1. The van der Waals surface area contributed by atoms with E-state index in [0.717, 1.165) is 36.4 Å². The zero-order valence-electron chi connectivity index (χ0n) is 22.0. The quantitative estimate of drug-likeness (QED) is 0.150. The van der Waals surface area contributed by atoms with Gasteiger partial charge in [-0.3, -0.25) is 5.32 Å². The molecule has 0 aliphatic rings. The fraction of sp³-hybridized carbons (Fsp3) is 0.333. The molecule has 1 atom stereocenters. The number of ether oxygens (including phenoxy) is 2. The molecule has 1 unspecified atom stereocenters. The largest absolute Gasteiger partial charge is 0.461 e. The van der Waals surface area contributed by atoms with E-state index in [1.54, 1.807) is 5.32 Å². The summed E-state index contributed by atoms with van der Waals surface area (Å²) in [7, 11) is 0. The molecule has 0 aliphatic heterocycles. The van der Waals surface area contributed by atoms with Gasteiger partial charge in [0.25, 0.3) is 0 Å². The second-order valence-electron chi connectivity index (χ2n) is 9.38. The zero-order valence-corrected chi connectivity index (χ0v) is 22.0. The molecular formula is C27H19F14NO3. The molecule has 0 saturated carbocycles. The summed E-state index contributed by atoms with van der Waals surface area (Å²) in [4.78, 5) is 0. The lowest BCUT2D eigenvalue weighted by Crippen LogP contribution is -2.58. The van der Waals surface area contributed by atoms with Crippen molar-refractivity contribution in [2.24, 2.45) is 0 Å². The lowest BCUT2D eigenvalue weighted by Gasteiger charge is -2.32. The van der Waals surface area contributed by atoms with Crippen LogP contribution in [0.2, 0.25) is 0 Å². The lowest BCUT2D eigenvalue weighted by molar-refractivity contribution is -0.359. The third-order valence-corrected chi connectivity index (χ3v) is 6.05. The van der Waals surface area contributed by atoms with E-state index in [1.165, 1.54) is 12.1 Å². The average Bonchev–Trinajstić information content (AvgIpc) is 2.92. The van der Waals surface area contributed by atoms with Crippen LogP contribution in [0.15, 0.2) is 72.8 Å². The van der Waals surface area contributed by atoms with Crippen LogP contribution in [0.25, 0.3) is 0 Å². The molecule has 0 bridgehead atoms. The summed E-state index contributed by atoms with van der Waals surface area (Å²) in [6.07, 6.45) is -22.7. The van der Waals surface area contributed by atoms with Crippen molar-refractivity contribution >= 4 is 0 Å². The summed E-state index contributed by atoms with van der Waals surface area (Å²) < 4.78 is 196. The summed E-state index contributed by atoms with van der Waals surface area (Å²) in [5.41, 5.74) is -6.81. The number of hydrogen-bond acceptors (Lipinski definition) is 4. The fourth-order valence-electron chi connectivity index (χ4n) is 3.70. The predicted molar refractivity (Wildman–Crippen MR) is 127 cm³/mol. The molecule has 0 aliphatic carbocycles. The van der Waals surface area contributed by atoms with Crippen LogP contribution in [0.1, 0.15) is 16.7 Å². The van der Waals surface area contributed by atoms with Crippen molar-refractivity contribution in [1.82, 2.24) is 5.32 Å². The van der Waals surface area contributed by atoms with Crippen molar-refractivity contribution in [3.05, 3.63) is 89.5 Å². The fourth-order valence-corrected chi connectivity index (χ4v) is 3.70. The summed E-state index contributed by atoms with van der Waals surface area (Å²) >= 11 is 0. The second kappa shape index (κ2) is 12.5. The highest BCUT2D eigenvalue weighted by Crippen LogP contribution is 2.51. The smallest absolute Gasteiger partial charge is 0.457 e. The summed E-state index contributed by atoms with van der Waals surface area (Å²) in [5, 5.41) is 12.2. The molecule has 0 spiro atoms. The molecule has 3 aromatic rings. The van der Waals surface area contributed by atoms with E-state index in [9.17, 15) is 66.6 Å². The highest BCUT2D eigenvalue weighted by atomic mass is 19.4. The van der Waals surface area contributed by atoms with Gasteiger partial charge in [0.05, 0.1) is 0 Å². The van der Waals surface area contributed by atoms with Gasteiger partial charge in [0.1, 0.15) is 17.2 Å². The monoisotopic (exact) mass is 671 g/mol. The first-order valence-electron chi connectivity index (χ1n) is 12.2. The summed E-state index contributed by atoms with van der Waals surface area (Å²) in [6.45, 7) is -1.17. The van der Waals surface area contributed by atoms with Gasteiger partial charge in [-0.15, -0.1) is 0 Å². The van der Waals surface area contributed by atoms with E-state index >= 15 is 0 Å². The van der Waals surface area contributed by atoms with E-state index in [4.69, 9.17) is 4.74 Å². The second-order valence-corrected chi connectivity index (χ2v) is 9.38. The average molecular weight is 671 g/mol. The highest BCUT2D eigenvalue weighted by molar-refractivity contribution is 5.41. The topological polar surface area (TPSA) is 50.7 Å². The van der Waals surface area contributed by atoms with Gasteiger partial charge in [0, 0.05) is 24.6 Å². The van der Waals surface area contributed by atoms with E-state index < -0.39 is 83.6 Å². The van der Waals surface area contributed by atoms with Crippen molar-refractivity contribution in [3.63, 3.8) is 0 Å². The molecule has 0 fully saturated rings. The Morgan fingerprint density at radius 2 is 1.29 bits per heavy atom. The van der Waals surface area contributed by atoms with E-state index in [2.05, 4.69) is 4.74 Å². The Kier molecular flexibility index (Phi) is 9.94. The third-order valence-electron chi connectivity index (χ3n) is 6.05. The normalized spacial score (nSPS) is 14.8. The van der Waals surface area contributed by atoms with Gasteiger partial charge >= 0.3 is 36.7 Å². The van der Waals surface area contributed by atoms with E-state index in [0.29, 0.717) is 12.1 Å². The number of benzene rings is 3. The number of nitrogens with one attached hydrogen (secondary N) is 1. The molecule has 3 aromatic carbocycles. The minimum Gasteiger partial charge on any atom is -0.457 e. The van der Waals surface area contributed by atoms with Gasteiger partial charge in [-0.2, -0.15) is 61.5 Å². The van der Waals surface area contributed by atoms with Crippen LogP contribution >= 0.6 is 0 Å². The summed E-state index contributed by atoms with van der Waals surface area (Å²) in [5.74, 6) is -13.9. The molecule has 3 rings (SSSR count). The molecule has 248 valence electrons. The molecule has 4 nitrogen and oxygen atoms in total. The maximum atomic E-state index is 14.1. The molecule has 18 heteroatoms. The molecule has 0 aromatic heterocycles. The van der Waals surface area contributed by atoms with Crippen molar-refractivity contribution < 1.29 is 76.0 Å². The van der Waals surface area contributed by atoms with Gasteiger partial charge in [0.15, 0.2) is 0 Å². The number of rotatable bonds is 12. The first-order chi connectivity index (χ1) is 20.5. The van der Waals surface area contributed by atoms with E-state index in [1.807, 2.05) is 0 Å². The third kappa shape index (κ3) is 7.89. The summed E-state index contributed by atoms with van der Waals surface area (Å²) in [6, 6.07) is 10.0. The minimum atomic E-state index is -6.66. The first-order valence-corrected chi connectivity index (χ1v) is 12.2.